The van der Waals surface area contributed by atoms with Gasteiger partial charge in [0.1, 0.15) is 0 Å². The Kier molecular flexibility index (Phi) is 4.92. The van der Waals surface area contributed by atoms with Crippen molar-refractivity contribution < 1.29 is 4.79 Å². The van der Waals surface area contributed by atoms with E-state index in [-0.39, 0.29) is 5.91 Å². The van der Waals surface area contributed by atoms with Crippen molar-refractivity contribution in [1.29, 1.82) is 0 Å². The standard InChI is InChI=1S/C12H16N2OS/c1-2-9-5-3-4-6-10(9)12(15)14-8-7-11(13)16/h3-6H,2,7-8H2,1H3,(H2,13,16)(H,14,15). The van der Waals surface area contributed by atoms with Crippen LogP contribution in [0.2, 0.25) is 0 Å². The minimum Gasteiger partial charge on any atom is -0.393 e. The zero-order valence-electron chi connectivity index (χ0n) is 9.32. The van der Waals surface area contributed by atoms with Crippen molar-refractivity contribution in [3.05, 3.63) is 35.4 Å². The first kappa shape index (κ1) is 12.6. The minimum atomic E-state index is -0.0614. The van der Waals surface area contributed by atoms with Gasteiger partial charge in [0.2, 0.25) is 0 Å². The molecule has 3 nitrogen and oxygen atoms in total. The summed E-state index contributed by atoms with van der Waals surface area (Å²) in [7, 11) is 0. The highest BCUT2D eigenvalue weighted by Crippen LogP contribution is 2.08. The van der Waals surface area contributed by atoms with E-state index in [1.807, 2.05) is 31.2 Å². The van der Waals surface area contributed by atoms with Crippen molar-refractivity contribution in [3.63, 3.8) is 0 Å². The summed E-state index contributed by atoms with van der Waals surface area (Å²) in [4.78, 5) is 12.2. The third kappa shape index (κ3) is 3.62. The Hall–Kier alpha value is -1.42. The molecule has 0 saturated carbocycles. The van der Waals surface area contributed by atoms with Crippen LogP contribution in [0.5, 0.6) is 0 Å². The lowest BCUT2D eigenvalue weighted by Gasteiger charge is -2.08. The highest BCUT2D eigenvalue weighted by Gasteiger charge is 2.08. The number of benzene rings is 1. The molecule has 1 aromatic carbocycles. The number of nitrogens with one attached hydrogen (secondary N) is 1. The Morgan fingerprint density at radius 1 is 1.44 bits per heavy atom. The Morgan fingerprint density at radius 2 is 2.12 bits per heavy atom. The first-order valence-electron chi connectivity index (χ1n) is 5.29. The third-order valence-corrected chi connectivity index (χ3v) is 2.50. The number of thiocarbonyl (C=S) groups is 1. The van der Waals surface area contributed by atoms with E-state index in [2.05, 4.69) is 5.32 Å². The fourth-order valence-electron chi connectivity index (χ4n) is 1.44. The quantitative estimate of drug-likeness (QED) is 0.764. The molecule has 0 unspecified atom stereocenters. The number of aryl methyl sites for hydroxylation is 1. The molecule has 0 aliphatic heterocycles. The SMILES string of the molecule is CCc1ccccc1C(=O)NCCC(N)=S. The van der Waals surface area contributed by atoms with Gasteiger partial charge in [0.05, 0.1) is 4.99 Å². The Balaban J connectivity index is 2.62. The third-order valence-electron chi connectivity index (χ3n) is 2.30. The summed E-state index contributed by atoms with van der Waals surface area (Å²) in [5, 5.41) is 2.80. The molecule has 0 aliphatic rings. The summed E-state index contributed by atoms with van der Waals surface area (Å²) in [5.41, 5.74) is 7.13. The molecule has 0 aliphatic carbocycles. The van der Waals surface area contributed by atoms with E-state index >= 15 is 0 Å². The van der Waals surface area contributed by atoms with Crippen LogP contribution < -0.4 is 11.1 Å². The van der Waals surface area contributed by atoms with Crippen LogP contribution in [0.3, 0.4) is 0 Å². The van der Waals surface area contributed by atoms with Gasteiger partial charge in [-0.15, -0.1) is 0 Å². The van der Waals surface area contributed by atoms with Crippen LogP contribution in [0.4, 0.5) is 0 Å². The van der Waals surface area contributed by atoms with Crippen molar-refractivity contribution in [2.75, 3.05) is 6.54 Å². The summed E-state index contributed by atoms with van der Waals surface area (Å²) in [6, 6.07) is 7.59. The number of rotatable bonds is 5. The zero-order chi connectivity index (χ0) is 12.0. The van der Waals surface area contributed by atoms with E-state index in [1.54, 1.807) is 0 Å². The summed E-state index contributed by atoms with van der Waals surface area (Å²) < 4.78 is 0. The molecular formula is C12H16N2OS. The second-order valence-electron chi connectivity index (χ2n) is 3.48. The lowest BCUT2D eigenvalue weighted by Crippen LogP contribution is -2.28. The molecule has 4 heteroatoms. The number of carbonyl (C=O) groups is 1. The number of hydrogen-bond acceptors (Lipinski definition) is 2. The molecule has 0 aromatic heterocycles. The van der Waals surface area contributed by atoms with E-state index < -0.39 is 0 Å². The lowest BCUT2D eigenvalue weighted by atomic mass is 10.0. The van der Waals surface area contributed by atoms with Crippen molar-refractivity contribution in [3.8, 4) is 0 Å². The Morgan fingerprint density at radius 3 is 2.75 bits per heavy atom. The molecule has 0 saturated heterocycles. The smallest absolute Gasteiger partial charge is 0.251 e. The van der Waals surface area contributed by atoms with Gasteiger partial charge in [0.15, 0.2) is 0 Å². The van der Waals surface area contributed by atoms with Crippen molar-refractivity contribution in [2.24, 2.45) is 5.73 Å². The summed E-state index contributed by atoms with van der Waals surface area (Å²) >= 11 is 4.74. The van der Waals surface area contributed by atoms with Gasteiger partial charge >= 0.3 is 0 Å². The highest BCUT2D eigenvalue weighted by molar-refractivity contribution is 7.80. The first-order chi connectivity index (χ1) is 7.65. The molecule has 16 heavy (non-hydrogen) atoms. The molecule has 1 rings (SSSR count). The van der Waals surface area contributed by atoms with E-state index in [4.69, 9.17) is 18.0 Å². The van der Waals surface area contributed by atoms with E-state index in [0.29, 0.717) is 18.0 Å². The van der Waals surface area contributed by atoms with E-state index in [1.165, 1.54) is 0 Å². The van der Waals surface area contributed by atoms with Gasteiger partial charge in [0, 0.05) is 18.5 Å². The number of carbonyl (C=O) groups excluding carboxylic acids is 1. The first-order valence-corrected chi connectivity index (χ1v) is 5.70. The van der Waals surface area contributed by atoms with Crippen LogP contribution in [0.25, 0.3) is 0 Å². The molecule has 0 fully saturated rings. The molecule has 3 N–H and O–H groups in total. The Bertz CT molecular complexity index is 390. The largest absolute Gasteiger partial charge is 0.393 e. The van der Waals surface area contributed by atoms with Crippen molar-refractivity contribution in [1.82, 2.24) is 5.32 Å². The predicted molar refractivity (Wildman–Crippen MR) is 69.6 cm³/mol. The molecule has 1 amide bonds. The average molecular weight is 236 g/mol. The van der Waals surface area contributed by atoms with Gasteiger partial charge < -0.3 is 11.1 Å². The highest BCUT2D eigenvalue weighted by atomic mass is 32.1. The van der Waals surface area contributed by atoms with Gasteiger partial charge in [-0.1, -0.05) is 37.3 Å². The monoisotopic (exact) mass is 236 g/mol. The van der Waals surface area contributed by atoms with Crippen LogP contribution in [-0.2, 0) is 6.42 Å². The van der Waals surface area contributed by atoms with Gasteiger partial charge in [0.25, 0.3) is 5.91 Å². The second kappa shape index (κ2) is 6.23. The molecule has 1 aromatic rings. The Labute approximate surface area is 101 Å². The maximum Gasteiger partial charge on any atom is 0.251 e. The maximum absolute atomic E-state index is 11.8. The molecular weight excluding hydrogens is 220 g/mol. The van der Waals surface area contributed by atoms with E-state index in [9.17, 15) is 4.79 Å². The lowest BCUT2D eigenvalue weighted by molar-refractivity contribution is 0.0954. The van der Waals surface area contributed by atoms with Crippen LogP contribution in [0.1, 0.15) is 29.3 Å². The minimum absolute atomic E-state index is 0.0614. The van der Waals surface area contributed by atoms with Crippen LogP contribution in [0.15, 0.2) is 24.3 Å². The average Bonchev–Trinajstić information content (AvgIpc) is 2.28. The molecule has 0 radical (unpaired) electrons. The van der Waals surface area contributed by atoms with Crippen LogP contribution in [-0.4, -0.2) is 17.4 Å². The second-order valence-corrected chi connectivity index (χ2v) is 4.01. The van der Waals surface area contributed by atoms with Gasteiger partial charge in [-0.25, -0.2) is 0 Å². The normalized spacial score (nSPS) is 9.81. The fourth-order valence-corrected chi connectivity index (χ4v) is 1.55. The van der Waals surface area contributed by atoms with Gasteiger partial charge in [-0.05, 0) is 18.1 Å². The molecule has 0 heterocycles. The molecule has 0 bridgehead atoms. The number of amides is 1. The van der Waals surface area contributed by atoms with Crippen molar-refractivity contribution >= 4 is 23.1 Å². The molecule has 86 valence electrons. The summed E-state index contributed by atoms with van der Waals surface area (Å²) in [6.07, 6.45) is 1.38. The van der Waals surface area contributed by atoms with Crippen molar-refractivity contribution in [2.45, 2.75) is 19.8 Å². The molecule has 0 spiro atoms. The summed E-state index contributed by atoms with van der Waals surface area (Å²) in [6.45, 7) is 2.52. The van der Waals surface area contributed by atoms with Gasteiger partial charge in [-0.2, -0.15) is 0 Å². The van der Waals surface area contributed by atoms with Crippen LogP contribution >= 0.6 is 12.2 Å². The zero-order valence-corrected chi connectivity index (χ0v) is 10.1. The molecule has 0 atom stereocenters. The predicted octanol–water partition coefficient (Wildman–Crippen LogP) is 1.66. The van der Waals surface area contributed by atoms with Crippen LogP contribution in [0, 0.1) is 0 Å². The fraction of sp³-hybridized carbons (Fsp3) is 0.333. The summed E-state index contributed by atoms with van der Waals surface area (Å²) in [5.74, 6) is -0.0614. The van der Waals surface area contributed by atoms with Gasteiger partial charge in [-0.3, -0.25) is 4.79 Å². The number of nitrogens with two attached hydrogens (primary N) is 1. The number of hydrogen-bond donors (Lipinski definition) is 2. The maximum atomic E-state index is 11.8. The van der Waals surface area contributed by atoms with E-state index in [0.717, 1.165) is 17.5 Å². The topological polar surface area (TPSA) is 55.1 Å².